The summed E-state index contributed by atoms with van der Waals surface area (Å²) < 4.78 is 0. The molecule has 1 rings (SSSR count). The number of hydrogen-bond donors (Lipinski definition) is 0. The Morgan fingerprint density at radius 1 is 1.00 bits per heavy atom. The van der Waals surface area contributed by atoms with Gasteiger partial charge in [-0.1, -0.05) is 35.8 Å². The quantitative estimate of drug-likeness (QED) is 0.391. The van der Waals surface area contributed by atoms with Gasteiger partial charge in [-0.3, -0.25) is 0 Å². The molecule has 0 saturated carbocycles. The van der Waals surface area contributed by atoms with Crippen LogP contribution in [0.3, 0.4) is 0 Å². The molecule has 0 unspecified atom stereocenters. The van der Waals surface area contributed by atoms with Gasteiger partial charge < -0.3 is 0 Å². The fourth-order valence-corrected chi connectivity index (χ4v) is 0.534. The molecule has 0 fully saturated rings. The van der Waals surface area contributed by atoms with E-state index >= 15 is 0 Å². The van der Waals surface area contributed by atoms with E-state index in [-0.39, 0.29) is 29.6 Å². The van der Waals surface area contributed by atoms with Crippen LogP contribution >= 0.6 is 0 Å². The first-order chi connectivity index (χ1) is 3.39. The molecule has 0 aliphatic rings. The van der Waals surface area contributed by atoms with Crippen LogP contribution in [0.5, 0.6) is 0 Å². The molecule has 0 atom stereocenters. The Bertz CT molecular complexity index is 138. The summed E-state index contributed by atoms with van der Waals surface area (Å²) in [5, 5.41) is 0. The molecule has 0 bridgehead atoms. The Labute approximate surface area is 73.0 Å². The predicted molar refractivity (Wildman–Crippen MR) is 41.8 cm³/mol. The summed E-state index contributed by atoms with van der Waals surface area (Å²) in [7, 11) is 2.08. The maximum atomic E-state index is 2.08. The van der Waals surface area contributed by atoms with Crippen molar-refractivity contribution < 1.29 is 0 Å². The second-order valence-electron chi connectivity index (χ2n) is 1.65. The van der Waals surface area contributed by atoms with Gasteiger partial charge in [0.1, 0.15) is 7.85 Å². The molecule has 0 aliphatic heterocycles. The molecule has 36 valence electrons. The van der Waals surface area contributed by atoms with Crippen molar-refractivity contribution >= 4 is 42.9 Å². The number of hydrogen-bond acceptors (Lipinski definition) is 0. The molecule has 8 heavy (non-hydrogen) atoms. The third kappa shape index (κ3) is 2.56. The van der Waals surface area contributed by atoms with Gasteiger partial charge in [-0.05, 0) is 0 Å². The Kier molecular flexibility index (Phi) is 4.34. The van der Waals surface area contributed by atoms with Crippen LogP contribution < -0.4 is 5.46 Å². The fraction of sp³-hybridized carbons (Fsp3) is 0. The van der Waals surface area contributed by atoms with Gasteiger partial charge in [-0.15, -0.1) is 0 Å². The molecule has 0 saturated heterocycles. The van der Waals surface area contributed by atoms with Gasteiger partial charge in [0.05, 0.1) is 0 Å². The van der Waals surface area contributed by atoms with Crippen LogP contribution in [0.4, 0.5) is 0 Å². The maximum absolute atomic E-state index is 2.08. The minimum absolute atomic E-state index is 0. The van der Waals surface area contributed by atoms with Crippen LogP contribution in [0, 0.1) is 0 Å². The van der Waals surface area contributed by atoms with Gasteiger partial charge in [0.25, 0.3) is 0 Å². The zero-order valence-corrected chi connectivity index (χ0v) is 4.39. The average Bonchev–Trinajstić information content (AvgIpc) is 1.69. The molecular weight excluding hydrogens is 106 g/mol. The van der Waals surface area contributed by atoms with Crippen molar-refractivity contribution in [2.75, 3.05) is 0 Å². The van der Waals surface area contributed by atoms with Crippen LogP contribution in [0.2, 0.25) is 0 Å². The van der Waals surface area contributed by atoms with Crippen molar-refractivity contribution in [3.8, 4) is 0 Å². The molecule has 0 nitrogen and oxygen atoms in total. The van der Waals surface area contributed by atoms with Gasteiger partial charge >= 0.3 is 29.6 Å². The molecule has 0 heterocycles. The second kappa shape index (κ2) is 4.19. The van der Waals surface area contributed by atoms with E-state index in [2.05, 4.69) is 20.0 Å². The standard InChI is InChI=1S/C6H7B.Na.H/c7-6-4-2-1-3-5-6;;/h1-5H,7H2;;. The zero-order chi connectivity index (χ0) is 5.11. The topological polar surface area (TPSA) is 0 Å². The van der Waals surface area contributed by atoms with E-state index in [9.17, 15) is 0 Å². The van der Waals surface area contributed by atoms with E-state index in [1.54, 1.807) is 0 Å². The van der Waals surface area contributed by atoms with Crippen LogP contribution in [-0.4, -0.2) is 37.4 Å². The first-order valence-corrected chi connectivity index (χ1v) is 2.41. The van der Waals surface area contributed by atoms with Crippen molar-refractivity contribution in [3.63, 3.8) is 0 Å². The Hall–Kier alpha value is 0.285. The van der Waals surface area contributed by atoms with Crippen molar-refractivity contribution in [2.24, 2.45) is 0 Å². The van der Waals surface area contributed by atoms with E-state index in [1.807, 2.05) is 18.2 Å². The van der Waals surface area contributed by atoms with Crippen molar-refractivity contribution in [3.05, 3.63) is 30.3 Å². The summed E-state index contributed by atoms with van der Waals surface area (Å²) in [6, 6.07) is 10.3. The van der Waals surface area contributed by atoms with Gasteiger partial charge in [-0.25, -0.2) is 0 Å². The number of benzene rings is 1. The molecule has 0 spiro atoms. The summed E-state index contributed by atoms with van der Waals surface area (Å²) in [6.07, 6.45) is 0. The van der Waals surface area contributed by atoms with Gasteiger partial charge in [0.15, 0.2) is 0 Å². The molecule has 0 radical (unpaired) electrons. The Balaban J connectivity index is 0.000000490. The molecule has 1 aromatic rings. The molecule has 2 heteroatoms. The van der Waals surface area contributed by atoms with Gasteiger partial charge in [-0.2, -0.15) is 0 Å². The predicted octanol–water partition coefficient (Wildman–Crippen LogP) is -0.704. The summed E-state index contributed by atoms with van der Waals surface area (Å²) >= 11 is 0. The minimum atomic E-state index is 0. The first kappa shape index (κ1) is 8.28. The normalized spacial score (nSPS) is 7.50. The third-order valence-corrected chi connectivity index (χ3v) is 0.940. The Morgan fingerprint density at radius 2 is 1.50 bits per heavy atom. The fourth-order valence-electron chi connectivity index (χ4n) is 0.534. The van der Waals surface area contributed by atoms with Gasteiger partial charge in [0, 0.05) is 0 Å². The van der Waals surface area contributed by atoms with Crippen molar-refractivity contribution in [1.29, 1.82) is 0 Å². The average molecular weight is 114 g/mol. The van der Waals surface area contributed by atoms with Crippen LogP contribution in [-0.2, 0) is 0 Å². The van der Waals surface area contributed by atoms with Crippen LogP contribution in [0.15, 0.2) is 30.3 Å². The van der Waals surface area contributed by atoms with E-state index < -0.39 is 0 Å². The van der Waals surface area contributed by atoms with Crippen molar-refractivity contribution in [1.82, 2.24) is 0 Å². The van der Waals surface area contributed by atoms with Crippen LogP contribution in [0.25, 0.3) is 0 Å². The molecular formula is C6H8BNa. The Morgan fingerprint density at radius 3 is 1.75 bits per heavy atom. The first-order valence-electron chi connectivity index (χ1n) is 2.41. The van der Waals surface area contributed by atoms with E-state index in [4.69, 9.17) is 0 Å². The third-order valence-electron chi connectivity index (χ3n) is 0.940. The molecule has 0 amide bonds. The molecule has 0 N–H and O–H groups in total. The summed E-state index contributed by atoms with van der Waals surface area (Å²) in [5.74, 6) is 0. The molecule has 1 aromatic carbocycles. The number of rotatable bonds is 0. The molecule has 0 aromatic heterocycles. The van der Waals surface area contributed by atoms with E-state index in [0.29, 0.717) is 0 Å². The van der Waals surface area contributed by atoms with E-state index in [0.717, 1.165) is 0 Å². The second-order valence-corrected chi connectivity index (χ2v) is 1.65. The summed E-state index contributed by atoms with van der Waals surface area (Å²) in [6.45, 7) is 0. The van der Waals surface area contributed by atoms with Crippen molar-refractivity contribution in [2.45, 2.75) is 0 Å². The summed E-state index contributed by atoms with van der Waals surface area (Å²) in [4.78, 5) is 0. The molecule has 0 aliphatic carbocycles. The zero-order valence-electron chi connectivity index (χ0n) is 4.39. The monoisotopic (exact) mass is 114 g/mol. The van der Waals surface area contributed by atoms with E-state index in [1.165, 1.54) is 5.46 Å². The SMILES string of the molecule is Bc1ccccc1.[NaH]. The van der Waals surface area contributed by atoms with Crippen LogP contribution in [0.1, 0.15) is 0 Å². The van der Waals surface area contributed by atoms with Gasteiger partial charge in [0.2, 0.25) is 0 Å². The summed E-state index contributed by atoms with van der Waals surface area (Å²) in [5.41, 5.74) is 1.32.